The minimum atomic E-state index is -0.667. The van der Waals surface area contributed by atoms with Crippen molar-refractivity contribution in [2.24, 2.45) is 11.0 Å². The minimum absolute atomic E-state index is 0.125. The summed E-state index contributed by atoms with van der Waals surface area (Å²) >= 11 is 0. The molecule has 0 radical (unpaired) electrons. The van der Waals surface area contributed by atoms with Gasteiger partial charge in [-0.3, -0.25) is 25.7 Å². The Balaban J connectivity index is 1.92. The first-order valence-electron chi connectivity index (χ1n) is 7.38. The lowest BCUT2D eigenvalue weighted by molar-refractivity contribution is -0.393. The van der Waals surface area contributed by atoms with Crippen LogP contribution < -0.4 is 5.43 Å². The molecule has 0 unspecified atom stereocenters. The first-order chi connectivity index (χ1) is 11.6. The van der Waals surface area contributed by atoms with Gasteiger partial charge in [-0.1, -0.05) is 30.3 Å². The highest BCUT2D eigenvalue weighted by molar-refractivity contribution is 6.04. The van der Waals surface area contributed by atoms with Crippen LogP contribution in [0.2, 0.25) is 0 Å². The number of non-ortho nitro benzene ring substituents is 1. The smallest absolute Gasteiger partial charge is 0.271 e. The third kappa shape index (κ3) is 3.37. The van der Waals surface area contributed by atoms with Crippen LogP contribution in [-0.4, -0.2) is 15.6 Å². The van der Waals surface area contributed by atoms with Crippen molar-refractivity contribution in [3.63, 3.8) is 0 Å². The van der Waals surface area contributed by atoms with Gasteiger partial charge >= 0.3 is 5.69 Å². The molecule has 122 valence electrons. The van der Waals surface area contributed by atoms with Crippen molar-refractivity contribution >= 4 is 22.8 Å². The van der Waals surface area contributed by atoms with Crippen molar-refractivity contribution in [2.75, 3.05) is 5.43 Å². The molecule has 1 saturated carbocycles. The summed E-state index contributed by atoms with van der Waals surface area (Å²) in [6.07, 6.45) is 2.05. The van der Waals surface area contributed by atoms with E-state index in [2.05, 4.69) is 10.5 Å². The molecule has 8 nitrogen and oxygen atoms in total. The Morgan fingerprint density at radius 3 is 2.33 bits per heavy atom. The average Bonchev–Trinajstić information content (AvgIpc) is 3.41. The Kier molecular flexibility index (Phi) is 4.19. The highest BCUT2D eigenvalue weighted by Gasteiger charge is 2.29. The molecule has 0 heterocycles. The maximum Gasteiger partial charge on any atom is 0.301 e. The van der Waals surface area contributed by atoms with E-state index >= 15 is 0 Å². The summed E-state index contributed by atoms with van der Waals surface area (Å²) < 4.78 is 0. The first-order valence-corrected chi connectivity index (χ1v) is 7.38. The molecule has 0 amide bonds. The summed E-state index contributed by atoms with van der Waals surface area (Å²) in [5, 5.41) is 26.3. The van der Waals surface area contributed by atoms with E-state index in [4.69, 9.17) is 0 Å². The van der Waals surface area contributed by atoms with Crippen LogP contribution in [0.1, 0.15) is 18.4 Å². The van der Waals surface area contributed by atoms with Crippen LogP contribution in [0.5, 0.6) is 0 Å². The summed E-state index contributed by atoms with van der Waals surface area (Å²) in [5.74, 6) is 0.331. The van der Waals surface area contributed by atoms with Gasteiger partial charge in [0.25, 0.3) is 5.69 Å². The zero-order valence-corrected chi connectivity index (χ0v) is 12.6. The third-order valence-corrected chi connectivity index (χ3v) is 3.72. The van der Waals surface area contributed by atoms with Crippen molar-refractivity contribution in [2.45, 2.75) is 12.8 Å². The van der Waals surface area contributed by atoms with Crippen LogP contribution in [0.3, 0.4) is 0 Å². The molecule has 0 aliphatic heterocycles. The molecule has 0 spiro atoms. The molecular formula is C16H14N4O4. The monoisotopic (exact) mass is 326 g/mol. The van der Waals surface area contributed by atoms with Crippen LogP contribution in [0.4, 0.5) is 17.1 Å². The first kappa shape index (κ1) is 15.6. The number of nitrogens with one attached hydrogen (secondary N) is 1. The predicted molar refractivity (Wildman–Crippen MR) is 89.1 cm³/mol. The number of rotatable bonds is 6. The lowest BCUT2D eigenvalue weighted by Gasteiger charge is -2.07. The Bertz CT molecular complexity index is 816. The van der Waals surface area contributed by atoms with Gasteiger partial charge in [-0.25, -0.2) is 0 Å². The second-order valence-corrected chi connectivity index (χ2v) is 5.46. The summed E-state index contributed by atoms with van der Waals surface area (Å²) in [7, 11) is 0. The van der Waals surface area contributed by atoms with Crippen LogP contribution in [-0.2, 0) is 0 Å². The fourth-order valence-electron chi connectivity index (χ4n) is 2.36. The number of anilines is 1. The number of nitro benzene ring substituents is 2. The average molecular weight is 326 g/mol. The molecule has 2 aromatic carbocycles. The van der Waals surface area contributed by atoms with E-state index in [1.165, 1.54) is 12.1 Å². The summed E-state index contributed by atoms with van der Waals surface area (Å²) in [5.41, 5.74) is 3.91. The van der Waals surface area contributed by atoms with Crippen molar-refractivity contribution in [3.05, 3.63) is 74.3 Å². The molecule has 0 saturated heterocycles. The maximum atomic E-state index is 11.2. The largest absolute Gasteiger partial charge is 0.301 e. The van der Waals surface area contributed by atoms with Gasteiger partial charge in [0.1, 0.15) is 5.69 Å². The van der Waals surface area contributed by atoms with Gasteiger partial charge in [0, 0.05) is 12.0 Å². The Hall–Kier alpha value is -3.29. The van der Waals surface area contributed by atoms with Gasteiger partial charge in [-0.05, 0) is 24.5 Å². The molecule has 24 heavy (non-hydrogen) atoms. The highest BCUT2D eigenvalue weighted by Crippen LogP contribution is 2.34. The third-order valence-electron chi connectivity index (χ3n) is 3.72. The van der Waals surface area contributed by atoms with Gasteiger partial charge in [0.05, 0.1) is 21.6 Å². The fourth-order valence-corrected chi connectivity index (χ4v) is 2.36. The van der Waals surface area contributed by atoms with Crippen molar-refractivity contribution < 1.29 is 9.85 Å². The van der Waals surface area contributed by atoms with E-state index in [-0.39, 0.29) is 17.1 Å². The minimum Gasteiger partial charge on any atom is -0.271 e. The molecule has 0 aromatic heterocycles. The molecule has 1 fully saturated rings. The van der Waals surface area contributed by atoms with Crippen LogP contribution >= 0.6 is 0 Å². The molecule has 1 aliphatic carbocycles. The molecule has 0 atom stereocenters. The quantitative estimate of drug-likeness (QED) is 0.494. The number of hydrazone groups is 1. The van der Waals surface area contributed by atoms with E-state index < -0.39 is 9.85 Å². The summed E-state index contributed by atoms with van der Waals surface area (Å²) in [6, 6.07) is 13.0. The van der Waals surface area contributed by atoms with Gasteiger partial charge < -0.3 is 0 Å². The highest BCUT2D eigenvalue weighted by atomic mass is 16.6. The molecule has 1 N–H and O–H groups in total. The van der Waals surface area contributed by atoms with Gasteiger partial charge in [0.15, 0.2) is 0 Å². The second kappa shape index (κ2) is 6.45. The number of hydrogen-bond acceptors (Lipinski definition) is 6. The number of hydrogen-bond donors (Lipinski definition) is 1. The molecule has 1 aliphatic rings. The van der Waals surface area contributed by atoms with Crippen molar-refractivity contribution in [1.82, 2.24) is 0 Å². The van der Waals surface area contributed by atoms with Crippen LogP contribution in [0, 0.1) is 26.1 Å². The van der Waals surface area contributed by atoms with Gasteiger partial charge in [-0.15, -0.1) is 0 Å². The normalized spacial score (nSPS) is 14.2. The molecular weight excluding hydrogens is 312 g/mol. The van der Waals surface area contributed by atoms with Crippen LogP contribution in [0.25, 0.3) is 0 Å². The topological polar surface area (TPSA) is 111 Å². The summed E-state index contributed by atoms with van der Waals surface area (Å²) in [4.78, 5) is 20.6. The Labute approximate surface area is 137 Å². The van der Waals surface area contributed by atoms with Crippen molar-refractivity contribution in [1.29, 1.82) is 0 Å². The Morgan fingerprint density at radius 2 is 1.75 bits per heavy atom. The van der Waals surface area contributed by atoms with E-state index in [1.807, 2.05) is 30.3 Å². The van der Waals surface area contributed by atoms with E-state index in [1.54, 1.807) is 0 Å². The Morgan fingerprint density at radius 1 is 1.04 bits per heavy atom. The molecule has 2 aromatic rings. The lowest BCUT2D eigenvalue weighted by atomic mass is 10.1. The van der Waals surface area contributed by atoms with Crippen LogP contribution in [0.15, 0.2) is 53.6 Å². The zero-order chi connectivity index (χ0) is 17.1. The van der Waals surface area contributed by atoms with E-state index in [0.29, 0.717) is 5.92 Å². The molecule has 8 heteroatoms. The van der Waals surface area contributed by atoms with Gasteiger partial charge in [-0.2, -0.15) is 5.10 Å². The molecule has 3 rings (SSSR count). The van der Waals surface area contributed by atoms with E-state index in [0.717, 1.165) is 30.2 Å². The number of nitrogens with zero attached hydrogens (tertiary/aromatic N) is 3. The molecule has 0 bridgehead atoms. The second-order valence-electron chi connectivity index (χ2n) is 5.46. The SMILES string of the molecule is O=[N+]([O-])c1ccc(N/N=C(/c2ccccc2)C2CC2)c([N+](=O)[O-])c1. The number of nitro groups is 2. The number of benzene rings is 2. The maximum absolute atomic E-state index is 11.2. The standard InChI is InChI=1S/C16H14N4O4/c21-19(22)13-8-9-14(15(10-13)20(23)24)17-18-16(12-6-7-12)11-4-2-1-3-5-11/h1-5,8-10,12,17H,6-7H2/b18-16-. The van der Waals surface area contributed by atoms with Gasteiger partial charge in [0.2, 0.25) is 0 Å². The predicted octanol–water partition coefficient (Wildman–Crippen LogP) is 3.73. The summed E-state index contributed by atoms with van der Waals surface area (Å²) in [6.45, 7) is 0. The zero-order valence-electron chi connectivity index (χ0n) is 12.6. The fraction of sp³-hybridized carbons (Fsp3) is 0.188. The van der Waals surface area contributed by atoms with Crippen molar-refractivity contribution in [3.8, 4) is 0 Å². The van der Waals surface area contributed by atoms with E-state index in [9.17, 15) is 20.2 Å². The lowest BCUT2D eigenvalue weighted by Crippen LogP contribution is -2.07.